The zero-order chi connectivity index (χ0) is 30.8. The first-order chi connectivity index (χ1) is 21.6. The van der Waals surface area contributed by atoms with Crippen LogP contribution in [0.25, 0.3) is 0 Å². The molecule has 4 nitrogen and oxygen atoms in total. The number of carbonyl (C=O) groups excluding carboxylic acids is 1. The average Bonchev–Trinajstić information content (AvgIpc) is 3.08. The molecule has 232 valence electrons. The van der Waals surface area contributed by atoms with Crippen LogP contribution in [0.1, 0.15) is 76.7 Å². The van der Waals surface area contributed by atoms with Gasteiger partial charge in [-0.15, -0.1) is 0 Å². The minimum Gasteiger partial charge on any atom is -0.465 e. The molecule has 4 aromatic rings. The lowest BCUT2D eigenvalue weighted by Crippen LogP contribution is -2.30. The normalized spacial score (nSPS) is 11.9. The molecule has 0 aliphatic heterocycles. The van der Waals surface area contributed by atoms with Crippen LogP contribution in [0.5, 0.6) is 0 Å². The van der Waals surface area contributed by atoms with Crippen LogP contribution >= 0.6 is 0 Å². The van der Waals surface area contributed by atoms with E-state index >= 15 is 0 Å². The maximum atomic E-state index is 12.0. The van der Waals surface area contributed by atoms with Gasteiger partial charge in [0.05, 0.1) is 12.7 Å². The fourth-order valence-corrected chi connectivity index (χ4v) is 5.76. The van der Waals surface area contributed by atoms with E-state index in [9.17, 15) is 4.79 Å². The van der Waals surface area contributed by atoms with E-state index < -0.39 is 0 Å². The summed E-state index contributed by atoms with van der Waals surface area (Å²) < 4.78 is 10.5. The van der Waals surface area contributed by atoms with Crippen LogP contribution in [0.4, 0.5) is 0 Å². The molecule has 0 N–H and O–H groups in total. The summed E-state index contributed by atoms with van der Waals surface area (Å²) in [6.07, 6.45) is 7.67. The van der Waals surface area contributed by atoms with Crippen molar-refractivity contribution in [3.05, 3.63) is 143 Å². The molecule has 0 heterocycles. The number of ether oxygens (including phenoxy) is 2. The number of unbranched alkanes of at least 4 members (excludes halogenated alkanes) is 2. The molecule has 0 bridgehead atoms. The van der Waals surface area contributed by atoms with Gasteiger partial charge >= 0.3 is 5.97 Å². The van der Waals surface area contributed by atoms with Gasteiger partial charge in [-0.3, -0.25) is 4.90 Å². The smallest absolute Gasteiger partial charge is 0.337 e. The van der Waals surface area contributed by atoms with Gasteiger partial charge in [0, 0.05) is 26.3 Å². The molecule has 1 atom stereocenters. The molecule has 0 saturated carbocycles. The Morgan fingerprint density at radius 2 is 1.27 bits per heavy atom. The first-order valence-corrected chi connectivity index (χ1v) is 16.3. The van der Waals surface area contributed by atoms with E-state index in [1.165, 1.54) is 34.9 Å². The lowest BCUT2D eigenvalue weighted by molar-refractivity contribution is 0.0600. The summed E-state index contributed by atoms with van der Waals surface area (Å²) in [4.78, 5) is 14.6. The van der Waals surface area contributed by atoms with Crippen LogP contribution in [0.15, 0.2) is 109 Å². The van der Waals surface area contributed by atoms with Crippen molar-refractivity contribution < 1.29 is 14.3 Å². The molecule has 1 unspecified atom stereocenters. The highest BCUT2D eigenvalue weighted by molar-refractivity contribution is 5.89. The number of nitrogens with zero attached hydrogens (tertiary/aromatic N) is 1. The summed E-state index contributed by atoms with van der Waals surface area (Å²) in [6, 6.07) is 38.8. The lowest BCUT2D eigenvalue weighted by atomic mass is 9.91. The van der Waals surface area contributed by atoms with E-state index in [-0.39, 0.29) is 5.97 Å². The van der Waals surface area contributed by atoms with Crippen molar-refractivity contribution in [2.75, 3.05) is 33.4 Å². The van der Waals surface area contributed by atoms with Gasteiger partial charge in [-0.25, -0.2) is 4.79 Å². The summed E-state index contributed by atoms with van der Waals surface area (Å²) in [5, 5.41) is 0. The van der Waals surface area contributed by atoms with Crippen molar-refractivity contribution in [2.24, 2.45) is 0 Å². The third-order valence-electron chi connectivity index (χ3n) is 8.35. The SMILES string of the molecule is CCOCCCCCN(Cc1ccc(C(=O)OC)cc1)CC(CCc1ccc(CCc2ccccc2)cc1)c1ccccc1. The van der Waals surface area contributed by atoms with E-state index in [0.29, 0.717) is 11.5 Å². The molecule has 0 aliphatic carbocycles. The predicted octanol–water partition coefficient (Wildman–Crippen LogP) is 8.68. The van der Waals surface area contributed by atoms with Crippen molar-refractivity contribution in [3.63, 3.8) is 0 Å². The highest BCUT2D eigenvalue weighted by atomic mass is 16.5. The number of aryl methyl sites for hydroxylation is 3. The van der Waals surface area contributed by atoms with Crippen LogP contribution in [-0.2, 0) is 35.3 Å². The molecule has 0 radical (unpaired) electrons. The van der Waals surface area contributed by atoms with Gasteiger partial charge in [-0.2, -0.15) is 0 Å². The largest absolute Gasteiger partial charge is 0.465 e. The summed E-state index contributed by atoms with van der Waals surface area (Å²) in [5.41, 5.74) is 7.38. The Balaban J connectivity index is 1.41. The van der Waals surface area contributed by atoms with Crippen LogP contribution in [0, 0.1) is 0 Å². The molecular formula is C40H49NO3. The first-order valence-electron chi connectivity index (χ1n) is 16.3. The Hall–Kier alpha value is -3.73. The van der Waals surface area contributed by atoms with Gasteiger partial charge < -0.3 is 9.47 Å². The monoisotopic (exact) mass is 591 g/mol. The van der Waals surface area contributed by atoms with Gasteiger partial charge in [0.25, 0.3) is 0 Å². The van der Waals surface area contributed by atoms with Gasteiger partial charge in [0.2, 0.25) is 0 Å². The zero-order valence-electron chi connectivity index (χ0n) is 26.6. The maximum Gasteiger partial charge on any atom is 0.337 e. The van der Waals surface area contributed by atoms with Crippen molar-refractivity contribution in [2.45, 2.75) is 64.3 Å². The number of esters is 1. The van der Waals surface area contributed by atoms with E-state index in [4.69, 9.17) is 9.47 Å². The third kappa shape index (κ3) is 11.4. The second-order valence-electron chi connectivity index (χ2n) is 11.6. The maximum absolute atomic E-state index is 12.0. The number of methoxy groups -OCH3 is 1. The molecule has 0 spiro atoms. The molecule has 0 fully saturated rings. The van der Waals surface area contributed by atoms with Crippen molar-refractivity contribution in [1.29, 1.82) is 0 Å². The first kappa shape index (κ1) is 33.2. The highest BCUT2D eigenvalue weighted by Crippen LogP contribution is 2.25. The van der Waals surface area contributed by atoms with Gasteiger partial charge in [-0.1, -0.05) is 97.1 Å². The third-order valence-corrected chi connectivity index (χ3v) is 8.35. The summed E-state index contributed by atoms with van der Waals surface area (Å²) in [5.74, 6) is 0.128. The summed E-state index contributed by atoms with van der Waals surface area (Å²) >= 11 is 0. The van der Waals surface area contributed by atoms with Gasteiger partial charge in [0.15, 0.2) is 0 Å². The van der Waals surface area contributed by atoms with Crippen molar-refractivity contribution in [1.82, 2.24) is 4.90 Å². The van der Waals surface area contributed by atoms with Crippen LogP contribution < -0.4 is 0 Å². The van der Waals surface area contributed by atoms with Gasteiger partial charge in [0.1, 0.15) is 0 Å². The number of hydrogen-bond acceptors (Lipinski definition) is 4. The molecule has 0 saturated heterocycles. The molecule has 0 aromatic heterocycles. The molecule has 0 aliphatic rings. The van der Waals surface area contributed by atoms with Crippen molar-refractivity contribution in [3.8, 4) is 0 Å². The number of rotatable bonds is 19. The van der Waals surface area contributed by atoms with E-state index in [1.54, 1.807) is 0 Å². The molecule has 4 aromatic carbocycles. The van der Waals surface area contributed by atoms with Crippen LogP contribution in [-0.4, -0.2) is 44.3 Å². The second-order valence-corrected chi connectivity index (χ2v) is 11.6. The Kier molecular flexibility index (Phi) is 14.2. The average molecular weight is 592 g/mol. The van der Waals surface area contributed by atoms with E-state index in [0.717, 1.165) is 77.8 Å². The summed E-state index contributed by atoms with van der Waals surface area (Å²) in [6.45, 7) is 6.55. The van der Waals surface area contributed by atoms with E-state index in [1.807, 2.05) is 12.1 Å². The van der Waals surface area contributed by atoms with Crippen LogP contribution in [0.3, 0.4) is 0 Å². The molecule has 4 rings (SSSR count). The molecular weight excluding hydrogens is 542 g/mol. The predicted molar refractivity (Wildman–Crippen MR) is 181 cm³/mol. The Labute approximate surface area is 265 Å². The fraction of sp³-hybridized carbons (Fsp3) is 0.375. The number of carbonyl (C=O) groups is 1. The molecule has 0 amide bonds. The Morgan fingerprint density at radius 3 is 1.91 bits per heavy atom. The van der Waals surface area contributed by atoms with E-state index in [2.05, 4.69) is 109 Å². The quantitative estimate of drug-likeness (QED) is 0.0808. The zero-order valence-corrected chi connectivity index (χ0v) is 26.6. The highest BCUT2D eigenvalue weighted by Gasteiger charge is 2.17. The molecule has 44 heavy (non-hydrogen) atoms. The lowest BCUT2D eigenvalue weighted by Gasteiger charge is -2.28. The Morgan fingerprint density at radius 1 is 0.682 bits per heavy atom. The van der Waals surface area contributed by atoms with Crippen molar-refractivity contribution >= 4 is 5.97 Å². The number of hydrogen-bond donors (Lipinski definition) is 0. The Bertz CT molecular complexity index is 1340. The molecule has 4 heteroatoms. The number of benzene rings is 4. The standard InChI is InChI=1S/C40H49NO3/c1-3-44-30-12-6-11-29-41(31-36-24-26-38(27-25-36)40(42)43-2)32-39(37-15-9-5-10-16-37)28-23-35-21-19-34(20-22-35)18-17-33-13-7-4-8-14-33/h4-5,7-10,13-16,19-22,24-27,39H,3,6,11-12,17-18,23,28-32H2,1-2H3. The minimum atomic E-state index is -0.295. The topological polar surface area (TPSA) is 38.8 Å². The van der Waals surface area contributed by atoms with Gasteiger partial charge in [-0.05, 0) is 104 Å². The van der Waals surface area contributed by atoms with Crippen LogP contribution in [0.2, 0.25) is 0 Å². The minimum absolute atomic E-state index is 0.295. The summed E-state index contributed by atoms with van der Waals surface area (Å²) in [7, 11) is 1.42. The fourth-order valence-electron chi connectivity index (χ4n) is 5.76. The second kappa shape index (κ2) is 18.8.